The first-order chi connectivity index (χ1) is 17.7. The van der Waals surface area contributed by atoms with Gasteiger partial charge in [-0.25, -0.2) is 4.68 Å². The molecule has 0 unspecified atom stereocenters. The van der Waals surface area contributed by atoms with E-state index in [4.69, 9.17) is 9.47 Å². The summed E-state index contributed by atoms with van der Waals surface area (Å²) >= 11 is 0. The number of carbonyl (C=O) groups excluding carboxylic acids is 1. The van der Waals surface area contributed by atoms with Gasteiger partial charge in [0.05, 0.1) is 17.9 Å². The number of alkyl halides is 3. The fourth-order valence-corrected chi connectivity index (χ4v) is 3.32. The van der Waals surface area contributed by atoms with E-state index in [0.717, 1.165) is 12.1 Å². The maximum Gasteiger partial charge on any atom is 0.416 e. The van der Waals surface area contributed by atoms with Crippen LogP contribution >= 0.6 is 0 Å². The first-order valence-corrected chi connectivity index (χ1v) is 11.5. The van der Waals surface area contributed by atoms with E-state index in [9.17, 15) is 18.0 Å². The molecular formula is C27H25F3N4O3. The highest BCUT2D eigenvalue weighted by Gasteiger charge is 2.30. The number of hydrogen-bond acceptors (Lipinski definition) is 5. The average molecular weight is 511 g/mol. The summed E-state index contributed by atoms with van der Waals surface area (Å²) in [7, 11) is 0. The molecule has 0 aliphatic heterocycles. The number of carbonyl (C=O) groups is 1. The summed E-state index contributed by atoms with van der Waals surface area (Å²) < 4.78 is 51.7. The minimum Gasteiger partial charge on any atom is -0.484 e. The second-order valence-electron chi connectivity index (χ2n) is 8.61. The molecule has 4 aromatic rings. The Kier molecular flexibility index (Phi) is 7.76. The molecular weight excluding hydrogens is 485 g/mol. The zero-order chi connectivity index (χ0) is 26.4. The molecule has 1 heterocycles. The van der Waals surface area contributed by atoms with Gasteiger partial charge >= 0.3 is 12.2 Å². The van der Waals surface area contributed by atoms with Gasteiger partial charge in [0.2, 0.25) is 0 Å². The lowest BCUT2D eigenvalue weighted by Gasteiger charge is -2.10. The highest BCUT2D eigenvalue weighted by Crippen LogP contribution is 2.31. The van der Waals surface area contributed by atoms with Crippen LogP contribution in [-0.2, 0) is 11.0 Å². The van der Waals surface area contributed by atoms with Gasteiger partial charge in [-0.15, -0.1) is 5.10 Å². The summed E-state index contributed by atoms with van der Waals surface area (Å²) in [5.74, 6) is 0.813. The van der Waals surface area contributed by atoms with Crippen LogP contribution in [0.5, 0.6) is 11.8 Å². The number of nitrogens with one attached hydrogen (secondary N) is 1. The number of nitrogens with zero attached hydrogens (tertiary/aromatic N) is 3. The fourth-order valence-electron chi connectivity index (χ4n) is 3.32. The Morgan fingerprint density at radius 2 is 1.62 bits per heavy atom. The van der Waals surface area contributed by atoms with Crippen molar-refractivity contribution in [1.82, 2.24) is 14.8 Å². The summed E-state index contributed by atoms with van der Waals surface area (Å²) in [5, 5.41) is 7.16. The third kappa shape index (κ3) is 6.87. The number of para-hydroxylation sites is 1. The molecule has 4 rings (SSSR count). The third-order valence-electron chi connectivity index (χ3n) is 5.11. The van der Waals surface area contributed by atoms with Crippen molar-refractivity contribution < 1.29 is 27.4 Å². The average Bonchev–Trinajstić information content (AvgIpc) is 3.31. The van der Waals surface area contributed by atoms with E-state index in [2.05, 4.69) is 15.4 Å². The second-order valence-corrected chi connectivity index (χ2v) is 8.61. The van der Waals surface area contributed by atoms with E-state index in [0.29, 0.717) is 35.1 Å². The third-order valence-corrected chi connectivity index (χ3v) is 5.11. The molecule has 0 saturated carbocycles. The molecule has 0 radical (unpaired) electrons. The van der Waals surface area contributed by atoms with Crippen molar-refractivity contribution in [2.75, 3.05) is 18.5 Å². The van der Waals surface area contributed by atoms with Gasteiger partial charge in [-0.3, -0.25) is 4.79 Å². The molecule has 0 aliphatic carbocycles. The second kappa shape index (κ2) is 11.2. The zero-order valence-corrected chi connectivity index (χ0v) is 20.2. The number of amides is 1. The molecule has 1 N–H and O–H groups in total. The molecule has 1 aromatic heterocycles. The summed E-state index contributed by atoms with van der Waals surface area (Å²) in [5.41, 5.74) is 0.809. The van der Waals surface area contributed by atoms with Crippen LogP contribution in [0.15, 0.2) is 78.9 Å². The molecule has 37 heavy (non-hydrogen) atoms. The molecule has 0 aliphatic rings. The molecule has 0 spiro atoms. The maximum absolute atomic E-state index is 13.0. The van der Waals surface area contributed by atoms with Crippen LogP contribution in [-0.4, -0.2) is 33.9 Å². The van der Waals surface area contributed by atoms with Gasteiger partial charge in [-0.1, -0.05) is 44.2 Å². The number of benzene rings is 3. The van der Waals surface area contributed by atoms with Crippen LogP contribution in [0.25, 0.3) is 17.1 Å². The maximum atomic E-state index is 13.0. The minimum absolute atomic E-state index is 0.110. The minimum atomic E-state index is -4.44. The Bertz CT molecular complexity index is 1320. The normalized spacial score (nSPS) is 11.4. The summed E-state index contributed by atoms with van der Waals surface area (Å²) in [4.78, 5) is 16.7. The smallest absolute Gasteiger partial charge is 0.416 e. The lowest BCUT2D eigenvalue weighted by atomic mass is 10.1. The standard InChI is InChI=1S/C27H25F3N4O3/c1-18(2)16-37-26-32-25(19-8-10-20(11-9-19)27(28,29)30)34(33-26)22-14-12-21(13-15-22)31-24(35)17-36-23-6-4-3-5-7-23/h3-15,18H,16-17H2,1-2H3,(H,31,35). The molecule has 0 bridgehead atoms. The number of halogens is 3. The van der Waals surface area contributed by atoms with E-state index in [-0.39, 0.29) is 24.4 Å². The van der Waals surface area contributed by atoms with Crippen LogP contribution < -0.4 is 14.8 Å². The van der Waals surface area contributed by atoms with Crippen molar-refractivity contribution in [1.29, 1.82) is 0 Å². The fraction of sp³-hybridized carbons (Fsp3) is 0.222. The van der Waals surface area contributed by atoms with E-state index in [1.807, 2.05) is 32.0 Å². The van der Waals surface area contributed by atoms with Crippen molar-refractivity contribution in [2.24, 2.45) is 5.92 Å². The molecule has 7 nitrogen and oxygen atoms in total. The van der Waals surface area contributed by atoms with Crippen LogP contribution in [0.4, 0.5) is 18.9 Å². The lowest BCUT2D eigenvalue weighted by Crippen LogP contribution is -2.20. The van der Waals surface area contributed by atoms with Gasteiger partial charge in [0.15, 0.2) is 12.4 Å². The van der Waals surface area contributed by atoms with Crippen molar-refractivity contribution >= 4 is 11.6 Å². The Balaban J connectivity index is 1.53. The Morgan fingerprint density at radius 3 is 2.24 bits per heavy atom. The van der Waals surface area contributed by atoms with Gasteiger partial charge in [0, 0.05) is 11.3 Å². The molecule has 0 saturated heterocycles. The Labute approximate surface area is 211 Å². The molecule has 0 atom stereocenters. The van der Waals surface area contributed by atoms with E-state index in [1.54, 1.807) is 36.4 Å². The van der Waals surface area contributed by atoms with Gasteiger partial charge in [0.25, 0.3) is 5.91 Å². The first kappa shape index (κ1) is 25.7. The molecule has 3 aromatic carbocycles. The number of anilines is 1. The largest absolute Gasteiger partial charge is 0.484 e. The van der Waals surface area contributed by atoms with E-state index in [1.165, 1.54) is 16.8 Å². The summed E-state index contributed by atoms with van der Waals surface area (Å²) in [6.45, 7) is 4.19. The Hall–Kier alpha value is -4.34. The van der Waals surface area contributed by atoms with Crippen molar-refractivity contribution in [2.45, 2.75) is 20.0 Å². The molecule has 10 heteroatoms. The van der Waals surface area contributed by atoms with Crippen LogP contribution in [0, 0.1) is 5.92 Å². The summed E-state index contributed by atoms with van der Waals surface area (Å²) in [6.07, 6.45) is -4.44. The quantitative estimate of drug-likeness (QED) is 0.299. The number of rotatable bonds is 9. The van der Waals surface area contributed by atoms with Gasteiger partial charge in [-0.2, -0.15) is 18.2 Å². The van der Waals surface area contributed by atoms with E-state index < -0.39 is 11.7 Å². The number of aromatic nitrogens is 3. The van der Waals surface area contributed by atoms with Crippen molar-refractivity contribution in [3.05, 3.63) is 84.4 Å². The highest BCUT2D eigenvalue weighted by molar-refractivity contribution is 5.92. The van der Waals surface area contributed by atoms with Crippen molar-refractivity contribution in [3.63, 3.8) is 0 Å². The zero-order valence-electron chi connectivity index (χ0n) is 20.2. The molecule has 0 fully saturated rings. The topological polar surface area (TPSA) is 78.3 Å². The monoisotopic (exact) mass is 510 g/mol. The van der Waals surface area contributed by atoms with Crippen molar-refractivity contribution in [3.8, 4) is 28.8 Å². The first-order valence-electron chi connectivity index (χ1n) is 11.5. The van der Waals surface area contributed by atoms with Crippen LogP contribution in [0.1, 0.15) is 19.4 Å². The highest BCUT2D eigenvalue weighted by atomic mass is 19.4. The number of hydrogen-bond donors (Lipinski definition) is 1. The van der Waals surface area contributed by atoms with Gasteiger partial charge in [0.1, 0.15) is 5.75 Å². The van der Waals surface area contributed by atoms with Crippen LogP contribution in [0.3, 0.4) is 0 Å². The predicted octanol–water partition coefficient (Wildman–Crippen LogP) is 6.01. The number of ether oxygens (including phenoxy) is 2. The molecule has 1 amide bonds. The van der Waals surface area contributed by atoms with Gasteiger partial charge < -0.3 is 14.8 Å². The van der Waals surface area contributed by atoms with Crippen LogP contribution in [0.2, 0.25) is 0 Å². The lowest BCUT2D eigenvalue weighted by molar-refractivity contribution is -0.137. The molecule has 192 valence electrons. The summed E-state index contributed by atoms with van der Waals surface area (Å²) in [6, 6.07) is 20.6. The predicted molar refractivity (Wildman–Crippen MR) is 133 cm³/mol. The Morgan fingerprint density at radius 1 is 0.946 bits per heavy atom. The van der Waals surface area contributed by atoms with Gasteiger partial charge in [-0.05, 0) is 54.4 Å². The SMILES string of the molecule is CC(C)COc1nc(-c2ccc(C(F)(F)F)cc2)n(-c2ccc(NC(=O)COc3ccccc3)cc2)n1. The van der Waals surface area contributed by atoms with E-state index >= 15 is 0 Å².